The molecule has 4 rings (SSSR count). The van der Waals surface area contributed by atoms with E-state index >= 15 is 0 Å². The highest BCUT2D eigenvalue weighted by molar-refractivity contribution is 6.03. The topological polar surface area (TPSA) is 48.6 Å². The summed E-state index contributed by atoms with van der Waals surface area (Å²) in [5.74, 6) is -1.88. The highest BCUT2D eigenvalue weighted by Gasteiger charge is 2.36. The lowest BCUT2D eigenvalue weighted by molar-refractivity contribution is -0.165. The molecule has 130 valence electrons. The summed E-state index contributed by atoms with van der Waals surface area (Å²) in [6.07, 6.45) is -3.10. The average molecular weight is 354 g/mol. The molecule has 0 unspecified atom stereocenters. The van der Waals surface area contributed by atoms with E-state index in [9.17, 15) is 18.0 Å². The van der Waals surface area contributed by atoms with Crippen LogP contribution in [-0.2, 0) is 4.79 Å². The number of benzene rings is 2. The fraction of sp³-hybridized carbons (Fsp3) is 0.0500. The number of aromatic nitrogens is 2. The van der Waals surface area contributed by atoms with Gasteiger partial charge in [0.25, 0.3) is 5.78 Å². The molecule has 26 heavy (non-hydrogen) atoms. The zero-order valence-corrected chi connectivity index (χ0v) is 13.4. The van der Waals surface area contributed by atoms with E-state index in [0.717, 1.165) is 27.5 Å². The van der Waals surface area contributed by atoms with E-state index < -0.39 is 12.0 Å². The van der Waals surface area contributed by atoms with Crippen LogP contribution in [0.2, 0.25) is 0 Å². The Labute approximate surface area is 146 Å². The quantitative estimate of drug-likeness (QED) is 0.472. The van der Waals surface area contributed by atoms with Crippen LogP contribution >= 0.6 is 0 Å². The molecule has 0 fully saturated rings. The molecule has 2 aromatic carbocycles. The third-order valence-electron chi connectivity index (χ3n) is 4.23. The number of halogens is 3. The smallest absolute Gasteiger partial charge is 0.353 e. The predicted molar refractivity (Wildman–Crippen MR) is 95.7 cm³/mol. The number of carbonyl (C=O) groups excluding carboxylic acids is 1. The Morgan fingerprint density at radius 1 is 0.923 bits per heavy atom. The molecule has 2 heterocycles. The minimum atomic E-state index is -4.89. The zero-order chi connectivity index (χ0) is 18.3. The molecule has 0 spiro atoms. The Morgan fingerprint density at radius 3 is 2.35 bits per heavy atom. The standard InChI is InChI=1S/C20H13F3N2O/c21-20(22,23)18(26)10-9-14-13-6-2-4-8-16(13)25-19(14)17-11-12-5-1-3-7-15(12)24-17/h1-11,24-25H/b10-9+. The van der Waals surface area contributed by atoms with Gasteiger partial charge < -0.3 is 9.97 Å². The molecule has 0 atom stereocenters. The van der Waals surface area contributed by atoms with Crippen LogP contribution in [0.15, 0.2) is 60.7 Å². The van der Waals surface area contributed by atoms with Crippen molar-refractivity contribution < 1.29 is 18.0 Å². The van der Waals surface area contributed by atoms with Crippen LogP contribution in [0, 0.1) is 0 Å². The number of carbonyl (C=O) groups is 1. The highest BCUT2D eigenvalue weighted by atomic mass is 19.4. The number of hydrogen-bond acceptors (Lipinski definition) is 1. The zero-order valence-electron chi connectivity index (χ0n) is 13.4. The fourth-order valence-corrected chi connectivity index (χ4v) is 3.01. The van der Waals surface area contributed by atoms with Crippen LogP contribution in [0.1, 0.15) is 5.56 Å². The van der Waals surface area contributed by atoms with Gasteiger partial charge in [-0.15, -0.1) is 0 Å². The molecular formula is C20H13F3N2O. The van der Waals surface area contributed by atoms with Gasteiger partial charge in [0, 0.05) is 27.4 Å². The summed E-state index contributed by atoms with van der Waals surface area (Å²) in [4.78, 5) is 17.7. The minimum Gasteiger partial charge on any atom is -0.353 e. The molecule has 0 amide bonds. The van der Waals surface area contributed by atoms with Crippen LogP contribution in [0.5, 0.6) is 0 Å². The van der Waals surface area contributed by atoms with Gasteiger partial charge in [0.05, 0.1) is 11.4 Å². The molecule has 0 aliphatic carbocycles. The Hall–Kier alpha value is -3.28. The molecule has 6 heteroatoms. The van der Waals surface area contributed by atoms with Gasteiger partial charge in [-0.2, -0.15) is 13.2 Å². The van der Waals surface area contributed by atoms with E-state index in [-0.39, 0.29) is 0 Å². The van der Waals surface area contributed by atoms with E-state index in [1.165, 1.54) is 6.08 Å². The first-order chi connectivity index (χ1) is 12.4. The maximum Gasteiger partial charge on any atom is 0.454 e. The number of allylic oxidation sites excluding steroid dienone is 1. The summed E-state index contributed by atoms with van der Waals surface area (Å²) in [7, 11) is 0. The number of hydrogen-bond donors (Lipinski definition) is 2. The number of para-hydroxylation sites is 2. The predicted octanol–water partition coefficient (Wildman–Crippen LogP) is 5.46. The number of nitrogens with one attached hydrogen (secondary N) is 2. The summed E-state index contributed by atoms with van der Waals surface area (Å²) in [6.45, 7) is 0. The summed E-state index contributed by atoms with van der Waals surface area (Å²) < 4.78 is 37.6. The summed E-state index contributed by atoms with van der Waals surface area (Å²) in [5, 5.41) is 1.73. The lowest BCUT2D eigenvalue weighted by Gasteiger charge is -2.01. The number of alkyl halides is 3. The number of ketones is 1. The van der Waals surface area contributed by atoms with Crippen molar-refractivity contribution in [3.05, 3.63) is 66.2 Å². The molecule has 0 aliphatic heterocycles. The van der Waals surface area contributed by atoms with Crippen LogP contribution in [0.3, 0.4) is 0 Å². The maximum absolute atomic E-state index is 12.5. The Kier molecular flexibility index (Phi) is 3.68. The Balaban J connectivity index is 1.89. The molecule has 0 aliphatic rings. The third kappa shape index (κ3) is 2.79. The van der Waals surface area contributed by atoms with Crippen LogP contribution in [-0.4, -0.2) is 21.9 Å². The van der Waals surface area contributed by atoms with Gasteiger partial charge in [0.1, 0.15) is 0 Å². The largest absolute Gasteiger partial charge is 0.454 e. The lowest BCUT2D eigenvalue weighted by Crippen LogP contribution is -2.19. The van der Waals surface area contributed by atoms with E-state index in [1.54, 1.807) is 12.1 Å². The number of H-pyrrole nitrogens is 2. The minimum absolute atomic E-state index is 0.532. The molecule has 3 nitrogen and oxygen atoms in total. The van der Waals surface area contributed by atoms with Gasteiger partial charge in [-0.3, -0.25) is 4.79 Å². The maximum atomic E-state index is 12.5. The first kappa shape index (κ1) is 16.2. The number of aromatic amines is 2. The first-order valence-corrected chi connectivity index (χ1v) is 7.91. The third-order valence-corrected chi connectivity index (χ3v) is 4.23. The van der Waals surface area contributed by atoms with Crippen molar-refractivity contribution in [2.24, 2.45) is 0 Å². The van der Waals surface area contributed by atoms with Gasteiger partial charge in [0.2, 0.25) is 0 Å². The van der Waals surface area contributed by atoms with Crippen molar-refractivity contribution in [3.8, 4) is 11.4 Å². The second-order valence-electron chi connectivity index (χ2n) is 5.92. The van der Waals surface area contributed by atoms with Crippen molar-refractivity contribution in [3.63, 3.8) is 0 Å². The summed E-state index contributed by atoms with van der Waals surface area (Å²) >= 11 is 0. The first-order valence-electron chi connectivity index (χ1n) is 7.91. The average Bonchev–Trinajstić information content (AvgIpc) is 3.19. The molecule has 0 radical (unpaired) electrons. The van der Waals surface area contributed by atoms with E-state index in [2.05, 4.69) is 9.97 Å². The van der Waals surface area contributed by atoms with Crippen LogP contribution in [0.4, 0.5) is 13.2 Å². The van der Waals surface area contributed by atoms with Gasteiger partial charge in [-0.25, -0.2) is 0 Å². The normalized spacial score (nSPS) is 12.4. The monoisotopic (exact) mass is 354 g/mol. The van der Waals surface area contributed by atoms with Gasteiger partial charge in [-0.1, -0.05) is 36.4 Å². The lowest BCUT2D eigenvalue weighted by atomic mass is 10.1. The molecule has 4 aromatic rings. The SMILES string of the molecule is O=C(/C=C/c1c(-c2cc3ccccc3[nH]2)[nH]c2ccccc12)C(F)(F)F. The van der Waals surface area contributed by atoms with Crippen LogP contribution < -0.4 is 0 Å². The number of rotatable bonds is 3. The molecule has 0 bridgehead atoms. The molecule has 2 N–H and O–H groups in total. The van der Waals surface area contributed by atoms with Crippen LogP contribution in [0.25, 0.3) is 39.3 Å². The fourth-order valence-electron chi connectivity index (χ4n) is 3.01. The van der Waals surface area contributed by atoms with E-state index in [0.29, 0.717) is 17.3 Å². The molecule has 2 aromatic heterocycles. The van der Waals surface area contributed by atoms with E-state index in [1.807, 2.05) is 42.5 Å². The summed E-state index contributed by atoms with van der Waals surface area (Å²) in [6, 6.07) is 16.9. The van der Waals surface area contributed by atoms with Crippen molar-refractivity contribution in [2.75, 3.05) is 0 Å². The van der Waals surface area contributed by atoms with Crippen molar-refractivity contribution in [1.82, 2.24) is 9.97 Å². The second-order valence-corrected chi connectivity index (χ2v) is 5.92. The van der Waals surface area contributed by atoms with Gasteiger partial charge >= 0.3 is 6.18 Å². The van der Waals surface area contributed by atoms with Crippen molar-refractivity contribution in [2.45, 2.75) is 6.18 Å². The van der Waals surface area contributed by atoms with Crippen molar-refractivity contribution in [1.29, 1.82) is 0 Å². The molecule has 0 saturated carbocycles. The number of fused-ring (bicyclic) bond motifs is 2. The molecular weight excluding hydrogens is 341 g/mol. The second kappa shape index (κ2) is 5.91. The highest BCUT2D eigenvalue weighted by Crippen LogP contribution is 2.33. The molecule has 0 saturated heterocycles. The van der Waals surface area contributed by atoms with Gasteiger partial charge in [0.15, 0.2) is 0 Å². The summed E-state index contributed by atoms with van der Waals surface area (Å²) in [5.41, 5.74) is 3.60. The van der Waals surface area contributed by atoms with Crippen molar-refractivity contribution >= 4 is 33.7 Å². The van der Waals surface area contributed by atoms with Gasteiger partial charge in [-0.05, 0) is 30.4 Å². The Bertz CT molecular complexity index is 1120. The van der Waals surface area contributed by atoms with E-state index in [4.69, 9.17) is 0 Å². The Morgan fingerprint density at radius 2 is 1.62 bits per heavy atom.